The molecular formula is C21H23N5O2. The molecule has 3 aromatic heterocycles. The van der Waals surface area contributed by atoms with Crippen LogP contribution in [0.25, 0.3) is 22.4 Å². The number of nitrogen functional groups attached to an aromatic ring is 1. The van der Waals surface area contributed by atoms with Crippen LogP contribution < -0.4 is 5.73 Å². The summed E-state index contributed by atoms with van der Waals surface area (Å²) in [7, 11) is 3.39. The van der Waals surface area contributed by atoms with Gasteiger partial charge in [-0.05, 0) is 49.7 Å². The van der Waals surface area contributed by atoms with Gasteiger partial charge in [0.25, 0.3) is 5.91 Å². The monoisotopic (exact) mass is 377 g/mol. The van der Waals surface area contributed by atoms with E-state index in [4.69, 9.17) is 5.73 Å². The number of carbonyl (C=O) groups excluding carboxylic acids is 1. The van der Waals surface area contributed by atoms with E-state index >= 15 is 0 Å². The number of hydrogen-bond acceptors (Lipinski definition) is 6. The number of aliphatic hydroxyl groups is 1. The zero-order valence-electron chi connectivity index (χ0n) is 16.3. The lowest BCUT2D eigenvalue weighted by Crippen LogP contribution is -2.21. The maximum absolute atomic E-state index is 12.0. The first-order valence-corrected chi connectivity index (χ1v) is 8.79. The van der Waals surface area contributed by atoms with Crippen molar-refractivity contribution in [2.24, 2.45) is 0 Å². The fraction of sp³-hybridized carbons (Fsp3) is 0.238. The highest BCUT2D eigenvalue weighted by molar-refractivity contribution is 5.94. The Balaban J connectivity index is 2.00. The second-order valence-electron chi connectivity index (χ2n) is 7.28. The highest BCUT2D eigenvalue weighted by Gasteiger charge is 2.18. The van der Waals surface area contributed by atoms with Gasteiger partial charge in [0.05, 0.1) is 17.0 Å². The maximum Gasteiger partial charge on any atom is 0.254 e. The third kappa shape index (κ3) is 3.99. The van der Waals surface area contributed by atoms with Gasteiger partial charge < -0.3 is 15.7 Å². The first kappa shape index (κ1) is 19.4. The number of rotatable bonds is 4. The second-order valence-corrected chi connectivity index (χ2v) is 7.28. The largest absolute Gasteiger partial charge is 0.384 e. The fourth-order valence-corrected chi connectivity index (χ4v) is 2.72. The van der Waals surface area contributed by atoms with E-state index in [0.717, 1.165) is 11.1 Å². The smallest absolute Gasteiger partial charge is 0.254 e. The Morgan fingerprint density at radius 3 is 2.39 bits per heavy atom. The molecule has 28 heavy (non-hydrogen) atoms. The van der Waals surface area contributed by atoms with E-state index in [-0.39, 0.29) is 5.91 Å². The van der Waals surface area contributed by atoms with Crippen LogP contribution in [0.1, 0.15) is 29.9 Å². The van der Waals surface area contributed by atoms with Crippen LogP contribution in [0.2, 0.25) is 0 Å². The van der Waals surface area contributed by atoms with Gasteiger partial charge in [-0.25, -0.2) is 4.98 Å². The summed E-state index contributed by atoms with van der Waals surface area (Å²) in [5.74, 6) is 0.231. The van der Waals surface area contributed by atoms with Crippen molar-refractivity contribution >= 4 is 11.7 Å². The first-order chi connectivity index (χ1) is 13.2. The van der Waals surface area contributed by atoms with E-state index in [0.29, 0.717) is 28.3 Å². The van der Waals surface area contributed by atoms with Crippen LogP contribution in [0, 0.1) is 0 Å². The van der Waals surface area contributed by atoms with E-state index in [2.05, 4.69) is 15.0 Å². The highest BCUT2D eigenvalue weighted by atomic mass is 16.3. The molecule has 3 rings (SSSR count). The predicted molar refractivity (Wildman–Crippen MR) is 108 cm³/mol. The van der Waals surface area contributed by atoms with E-state index in [1.807, 2.05) is 18.2 Å². The van der Waals surface area contributed by atoms with Crippen molar-refractivity contribution in [1.82, 2.24) is 19.9 Å². The van der Waals surface area contributed by atoms with E-state index in [1.54, 1.807) is 52.5 Å². The Hall–Kier alpha value is -3.32. The van der Waals surface area contributed by atoms with Crippen molar-refractivity contribution in [3.05, 3.63) is 60.2 Å². The molecule has 0 atom stereocenters. The number of pyridine rings is 3. The molecule has 0 aliphatic rings. The van der Waals surface area contributed by atoms with Crippen molar-refractivity contribution in [3.8, 4) is 22.4 Å². The highest BCUT2D eigenvalue weighted by Crippen LogP contribution is 2.30. The molecule has 0 unspecified atom stereocenters. The molecular weight excluding hydrogens is 354 g/mol. The standard InChI is InChI=1S/C21H23N5O2/c1-21(2,28)18-10-13(7-8-23-18)15-9-16(19(22)25-12-15)17-6-5-14(11-24-17)20(27)26(3)4/h5-12,28H,1-4H3,(H2,22,25). The molecule has 3 heterocycles. The minimum absolute atomic E-state index is 0.116. The van der Waals surface area contributed by atoms with Crippen LogP contribution in [0.4, 0.5) is 5.82 Å². The SMILES string of the molecule is CN(C)C(=O)c1ccc(-c2cc(-c3ccnc(C(C)(C)O)c3)cnc2N)nc1. The molecule has 0 saturated carbocycles. The summed E-state index contributed by atoms with van der Waals surface area (Å²) >= 11 is 0. The van der Waals surface area contributed by atoms with Crippen molar-refractivity contribution in [3.63, 3.8) is 0 Å². The van der Waals surface area contributed by atoms with Gasteiger partial charge >= 0.3 is 0 Å². The topological polar surface area (TPSA) is 105 Å². The average Bonchev–Trinajstić information content (AvgIpc) is 2.67. The Morgan fingerprint density at radius 2 is 1.79 bits per heavy atom. The number of anilines is 1. The zero-order chi connectivity index (χ0) is 20.5. The molecule has 0 aromatic carbocycles. The molecule has 7 nitrogen and oxygen atoms in total. The summed E-state index contributed by atoms with van der Waals surface area (Å²) in [5, 5.41) is 10.2. The Labute approximate surface area is 163 Å². The summed E-state index contributed by atoms with van der Waals surface area (Å²) in [6.07, 6.45) is 4.85. The molecule has 3 aromatic rings. The summed E-state index contributed by atoms with van der Waals surface area (Å²) in [4.78, 5) is 26.4. The van der Waals surface area contributed by atoms with Gasteiger partial charge in [-0.3, -0.25) is 14.8 Å². The lowest BCUT2D eigenvalue weighted by Gasteiger charge is -2.17. The maximum atomic E-state index is 12.0. The Bertz CT molecular complexity index is 1010. The van der Waals surface area contributed by atoms with Gasteiger partial charge in [0.1, 0.15) is 11.4 Å². The van der Waals surface area contributed by atoms with Crippen molar-refractivity contribution in [2.75, 3.05) is 19.8 Å². The van der Waals surface area contributed by atoms with Crippen LogP contribution >= 0.6 is 0 Å². The third-order valence-corrected chi connectivity index (χ3v) is 4.33. The van der Waals surface area contributed by atoms with Gasteiger partial charge in [-0.15, -0.1) is 0 Å². The fourth-order valence-electron chi connectivity index (χ4n) is 2.72. The molecule has 0 aliphatic heterocycles. The molecule has 3 N–H and O–H groups in total. The number of hydrogen-bond donors (Lipinski definition) is 2. The van der Waals surface area contributed by atoms with Crippen molar-refractivity contribution < 1.29 is 9.90 Å². The van der Waals surface area contributed by atoms with Crippen molar-refractivity contribution in [1.29, 1.82) is 0 Å². The average molecular weight is 377 g/mol. The normalized spacial score (nSPS) is 11.3. The molecule has 7 heteroatoms. The summed E-state index contributed by atoms with van der Waals surface area (Å²) in [6, 6.07) is 9.03. The van der Waals surface area contributed by atoms with Crippen LogP contribution in [0.5, 0.6) is 0 Å². The van der Waals surface area contributed by atoms with E-state index < -0.39 is 5.60 Å². The third-order valence-electron chi connectivity index (χ3n) is 4.33. The van der Waals surface area contributed by atoms with Crippen LogP contribution in [-0.2, 0) is 5.60 Å². The molecule has 144 valence electrons. The van der Waals surface area contributed by atoms with Gasteiger partial charge in [-0.1, -0.05) is 0 Å². The molecule has 0 aliphatic carbocycles. The molecule has 0 saturated heterocycles. The summed E-state index contributed by atoms with van der Waals surface area (Å²) < 4.78 is 0. The second kappa shape index (κ2) is 7.36. The van der Waals surface area contributed by atoms with Gasteiger partial charge in [-0.2, -0.15) is 0 Å². The van der Waals surface area contributed by atoms with Gasteiger partial charge in [0.15, 0.2) is 0 Å². The molecule has 0 bridgehead atoms. The summed E-state index contributed by atoms with van der Waals surface area (Å²) in [6.45, 7) is 3.37. The van der Waals surface area contributed by atoms with E-state index in [1.165, 1.54) is 11.1 Å². The van der Waals surface area contributed by atoms with Crippen LogP contribution in [0.15, 0.2) is 48.9 Å². The van der Waals surface area contributed by atoms with Crippen LogP contribution in [-0.4, -0.2) is 45.0 Å². The Kier molecular flexibility index (Phi) is 5.11. The summed E-state index contributed by atoms with van der Waals surface area (Å²) in [5.41, 5.74) is 9.07. The molecule has 1 amide bonds. The lowest BCUT2D eigenvalue weighted by atomic mass is 9.99. The lowest BCUT2D eigenvalue weighted by molar-refractivity contribution is 0.0739. The van der Waals surface area contributed by atoms with Crippen LogP contribution in [0.3, 0.4) is 0 Å². The predicted octanol–water partition coefficient (Wildman–Crippen LogP) is 2.72. The first-order valence-electron chi connectivity index (χ1n) is 8.79. The van der Waals surface area contributed by atoms with Gasteiger partial charge in [0, 0.05) is 43.8 Å². The quantitative estimate of drug-likeness (QED) is 0.724. The number of aromatic nitrogens is 3. The molecule has 0 fully saturated rings. The number of nitrogens with zero attached hydrogens (tertiary/aromatic N) is 4. The minimum atomic E-state index is -1.05. The van der Waals surface area contributed by atoms with Gasteiger partial charge in [0.2, 0.25) is 0 Å². The number of amides is 1. The van der Waals surface area contributed by atoms with E-state index in [9.17, 15) is 9.90 Å². The number of carbonyl (C=O) groups is 1. The minimum Gasteiger partial charge on any atom is -0.384 e. The van der Waals surface area contributed by atoms with Crippen molar-refractivity contribution in [2.45, 2.75) is 19.4 Å². The molecule has 0 radical (unpaired) electrons. The number of nitrogens with two attached hydrogens (primary N) is 1. The molecule has 0 spiro atoms. The zero-order valence-corrected chi connectivity index (χ0v) is 16.3. The Morgan fingerprint density at radius 1 is 1.04 bits per heavy atom.